The van der Waals surface area contributed by atoms with E-state index in [9.17, 15) is 13.2 Å². The number of nitrogens with zero attached hydrogens (tertiary/aromatic N) is 1. The van der Waals surface area contributed by atoms with E-state index in [1.54, 1.807) is 12.3 Å². The summed E-state index contributed by atoms with van der Waals surface area (Å²) in [6, 6.07) is 2.89. The van der Waals surface area contributed by atoms with Gasteiger partial charge in [-0.2, -0.15) is 0 Å². The number of carbonyl (C=O) groups is 1. The summed E-state index contributed by atoms with van der Waals surface area (Å²) in [4.78, 5) is 15.7. The summed E-state index contributed by atoms with van der Waals surface area (Å²) < 4.78 is 22.5. The molecule has 2 N–H and O–H groups in total. The van der Waals surface area contributed by atoms with E-state index in [4.69, 9.17) is 0 Å². The average molecular weight is 269 g/mol. The highest BCUT2D eigenvalue weighted by Gasteiger charge is 2.28. The SMILES string of the molecule is Cc1cccnc1NC(=O)N[C@H]1CCS(=O)(=O)C1. The van der Waals surface area contributed by atoms with Crippen molar-refractivity contribution in [3.8, 4) is 0 Å². The quantitative estimate of drug-likeness (QED) is 0.827. The molecule has 0 radical (unpaired) electrons. The van der Waals surface area contributed by atoms with Crippen molar-refractivity contribution in [1.82, 2.24) is 10.3 Å². The fraction of sp³-hybridized carbons (Fsp3) is 0.455. The van der Waals surface area contributed by atoms with Gasteiger partial charge >= 0.3 is 6.03 Å². The Bertz CT molecular complexity index is 556. The van der Waals surface area contributed by atoms with E-state index in [-0.39, 0.29) is 17.5 Å². The van der Waals surface area contributed by atoms with Gasteiger partial charge in [0, 0.05) is 12.2 Å². The largest absolute Gasteiger partial charge is 0.334 e. The Morgan fingerprint density at radius 1 is 1.50 bits per heavy atom. The summed E-state index contributed by atoms with van der Waals surface area (Å²) in [6.45, 7) is 1.84. The van der Waals surface area contributed by atoms with Crippen LogP contribution in [-0.4, -0.2) is 37.0 Å². The van der Waals surface area contributed by atoms with Crippen LogP contribution in [0.15, 0.2) is 18.3 Å². The van der Waals surface area contributed by atoms with Crippen LogP contribution in [0.3, 0.4) is 0 Å². The Balaban J connectivity index is 1.92. The monoisotopic (exact) mass is 269 g/mol. The number of hydrogen-bond acceptors (Lipinski definition) is 4. The molecule has 0 aliphatic carbocycles. The molecule has 0 unspecified atom stereocenters. The third-order valence-electron chi connectivity index (χ3n) is 2.81. The lowest BCUT2D eigenvalue weighted by atomic mass is 10.3. The van der Waals surface area contributed by atoms with Crippen LogP contribution in [0.1, 0.15) is 12.0 Å². The first-order valence-electron chi connectivity index (χ1n) is 5.66. The number of aryl methyl sites for hydroxylation is 1. The average Bonchev–Trinajstić information content (AvgIpc) is 2.61. The number of nitrogens with one attached hydrogen (secondary N) is 2. The number of pyridine rings is 1. The minimum atomic E-state index is -2.98. The molecule has 1 aromatic heterocycles. The van der Waals surface area contributed by atoms with Crippen molar-refractivity contribution >= 4 is 21.7 Å². The van der Waals surface area contributed by atoms with Crippen molar-refractivity contribution in [2.24, 2.45) is 0 Å². The Morgan fingerprint density at radius 2 is 2.28 bits per heavy atom. The van der Waals surface area contributed by atoms with Crippen LogP contribution in [0.25, 0.3) is 0 Å². The van der Waals surface area contributed by atoms with Crippen molar-refractivity contribution in [3.63, 3.8) is 0 Å². The van der Waals surface area contributed by atoms with Crippen LogP contribution in [0.5, 0.6) is 0 Å². The Hall–Kier alpha value is -1.63. The smallest absolute Gasteiger partial charge is 0.320 e. The van der Waals surface area contributed by atoms with Gasteiger partial charge in [0.25, 0.3) is 0 Å². The molecule has 18 heavy (non-hydrogen) atoms. The molecule has 2 heterocycles. The lowest BCUT2D eigenvalue weighted by Crippen LogP contribution is -2.38. The fourth-order valence-electron chi connectivity index (χ4n) is 1.85. The number of hydrogen-bond donors (Lipinski definition) is 2. The van der Waals surface area contributed by atoms with E-state index in [2.05, 4.69) is 15.6 Å². The molecular formula is C11H15N3O3S. The highest BCUT2D eigenvalue weighted by Crippen LogP contribution is 2.12. The molecule has 6 nitrogen and oxygen atoms in total. The van der Waals surface area contributed by atoms with Crippen molar-refractivity contribution in [3.05, 3.63) is 23.9 Å². The Kier molecular flexibility index (Phi) is 3.51. The molecule has 2 rings (SSSR count). The molecule has 1 aliphatic rings. The maximum absolute atomic E-state index is 11.7. The Morgan fingerprint density at radius 3 is 2.89 bits per heavy atom. The summed E-state index contributed by atoms with van der Waals surface area (Å²) in [5.74, 6) is 0.637. The van der Waals surface area contributed by atoms with Crippen LogP contribution in [0.2, 0.25) is 0 Å². The summed E-state index contributed by atoms with van der Waals surface area (Å²) in [5.41, 5.74) is 0.853. The van der Waals surface area contributed by atoms with Crippen molar-refractivity contribution in [1.29, 1.82) is 0 Å². The third-order valence-corrected chi connectivity index (χ3v) is 4.58. The topological polar surface area (TPSA) is 88.2 Å². The second-order valence-electron chi connectivity index (χ2n) is 4.37. The number of anilines is 1. The standard InChI is InChI=1S/C11H15N3O3S/c1-8-3-2-5-12-10(8)14-11(15)13-9-4-6-18(16,17)7-9/h2-3,5,9H,4,6-7H2,1H3,(H2,12,13,14,15)/t9-/m0/s1. The summed E-state index contributed by atoms with van der Waals surface area (Å²) in [6.07, 6.45) is 2.06. The zero-order valence-electron chi connectivity index (χ0n) is 10.0. The number of amides is 2. The molecule has 0 spiro atoms. The molecule has 98 valence electrons. The number of aromatic nitrogens is 1. The van der Waals surface area contributed by atoms with Crippen molar-refractivity contribution < 1.29 is 13.2 Å². The van der Waals surface area contributed by atoms with Gasteiger partial charge in [-0.15, -0.1) is 0 Å². The zero-order valence-corrected chi connectivity index (χ0v) is 10.8. The van der Waals surface area contributed by atoms with Gasteiger partial charge in [-0.3, -0.25) is 5.32 Å². The molecule has 1 aromatic rings. The summed E-state index contributed by atoms with van der Waals surface area (Å²) in [5, 5.41) is 5.25. The Labute approximate surface area is 106 Å². The fourth-order valence-corrected chi connectivity index (χ4v) is 3.53. The van der Waals surface area contributed by atoms with Gasteiger partial charge in [0.1, 0.15) is 5.82 Å². The summed E-state index contributed by atoms with van der Waals surface area (Å²) >= 11 is 0. The first kappa shape index (κ1) is 12.8. The lowest BCUT2D eigenvalue weighted by Gasteiger charge is -2.12. The normalized spacial score (nSPS) is 21.5. The third kappa shape index (κ3) is 3.19. The minimum absolute atomic E-state index is 0.0155. The highest BCUT2D eigenvalue weighted by atomic mass is 32.2. The second-order valence-corrected chi connectivity index (χ2v) is 6.60. The van der Waals surface area contributed by atoms with Crippen LogP contribution >= 0.6 is 0 Å². The summed E-state index contributed by atoms with van der Waals surface area (Å²) in [7, 11) is -2.98. The van der Waals surface area contributed by atoms with Gasteiger partial charge in [0.15, 0.2) is 9.84 Å². The molecule has 7 heteroatoms. The van der Waals surface area contributed by atoms with Gasteiger partial charge in [0.2, 0.25) is 0 Å². The number of urea groups is 1. The predicted octanol–water partition coefficient (Wildman–Crippen LogP) is 0.699. The van der Waals surface area contributed by atoms with Gasteiger partial charge < -0.3 is 5.32 Å². The lowest BCUT2D eigenvalue weighted by molar-refractivity contribution is 0.249. The maximum Gasteiger partial charge on any atom is 0.320 e. The van der Waals surface area contributed by atoms with Crippen LogP contribution in [-0.2, 0) is 9.84 Å². The van der Waals surface area contributed by atoms with Gasteiger partial charge in [-0.25, -0.2) is 18.2 Å². The highest BCUT2D eigenvalue weighted by molar-refractivity contribution is 7.91. The molecule has 0 aromatic carbocycles. The van der Waals surface area contributed by atoms with Crippen molar-refractivity contribution in [2.45, 2.75) is 19.4 Å². The maximum atomic E-state index is 11.7. The molecule has 0 bridgehead atoms. The molecule has 1 atom stereocenters. The van der Waals surface area contributed by atoms with E-state index >= 15 is 0 Å². The zero-order chi connectivity index (χ0) is 13.2. The molecule has 1 fully saturated rings. The van der Waals surface area contributed by atoms with Crippen molar-refractivity contribution in [2.75, 3.05) is 16.8 Å². The van der Waals surface area contributed by atoms with Crippen LogP contribution in [0, 0.1) is 6.92 Å². The predicted molar refractivity (Wildman–Crippen MR) is 68.2 cm³/mol. The van der Waals surface area contributed by atoms with Gasteiger partial charge in [0.05, 0.1) is 11.5 Å². The first-order valence-corrected chi connectivity index (χ1v) is 7.48. The van der Waals surface area contributed by atoms with Crippen LogP contribution < -0.4 is 10.6 Å². The van der Waals surface area contributed by atoms with E-state index in [0.29, 0.717) is 12.2 Å². The number of sulfone groups is 1. The minimum Gasteiger partial charge on any atom is -0.334 e. The van der Waals surface area contributed by atoms with E-state index < -0.39 is 15.9 Å². The molecular weight excluding hydrogens is 254 g/mol. The van der Waals surface area contributed by atoms with E-state index in [1.807, 2.05) is 13.0 Å². The number of carbonyl (C=O) groups excluding carboxylic acids is 1. The number of rotatable bonds is 2. The molecule has 1 aliphatic heterocycles. The molecule has 1 saturated heterocycles. The van der Waals surface area contributed by atoms with E-state index in [0.717, 1.165) is 5.56 Å². The van der Waals surface area contributed by atoms with E-state index in [1.165, 1.54) is 0 Å². The molecule has 0 saturated carbocycles. The molecule has 2 amide bonds. The van der Waals surface area contributed by atoms with Crippen LogP contribution in [0.4, 0.5) is 10.6 Å². The van der Waals surface area contributed by atoms with Gasteiger partial charge in [-0.05, 0) is 25.0 Å². The second kappa shape index (κ2) is 4.93. The first-order chi connectivity index (χ1) is 8.46. The van der Waals surface area contributed by atoms with Gasteiger partial charge in [-0.1, -0.05) is 6.07 Å².